The lowest BCUT2D eigenvalue weighted by molar-refractivity contribution is -0.122. The highest BCUT2D eigenvalue weighted by Crippen LogP contribution is 2.33. The van der Waals surface area contributed by atoms with E-state index >= 15 is 0 Å². The van der Waals surface area contributed by atoms with E-state index in [2.05, 4.69) is 9.69 Å². The van der Waals surface area contributed by atoms with Crippen LogP contribution in [0.5, 0.6) is 0 Å². The number of furan rings is 1. The van der Waals surface area contributed by atoms with Crippen molar-refractivity contribution < 1.29 is 18.8 Å². The number of benzene rings is 1. The quantitative estimate of drug-likeness (QED) is 0.418. The van der Waals surface area contributed by atoms with Crippen LogP contribution < -0.4 is 21.7 Å². The van der Waals surface area contributed by atoms with Crippen molar-refractivity contribution >= 4 is 52.2 Å². The molecule has 3 aromatic rings. The lowest BCUT2D eigenvalue weighted by Crippen LogP contribution is -2.44. The van der Waals surface area contributed by atoms with E-state index in [4.69, 9.17) is 27.5 Å². The number of halogens is 1. The molecule has 33 heavy (non-hydrogen) atoms. The van der Waals surface area contributed by atoms with Gasteiger partial charge >= 0.3 is 0 Å². The zero-order valence-corrected chi connectivity index (χ0v) is 19.7. The highest BCUT2D eigenvalue weighted by Gasteiger charge is 2.37. The lowest BCUT2D eigenvalue weighted by atomic mass is 10.1. The van der Waals surface area contributed by atoms with Gasteiger partial charge in [-0.25, -0.2) is 0 Å². The van der Waals surface area contributed by atoms with Gasteiger partial charge in [-0.3, -0.25) is 19.3 Å². The lowest BCUT2D eigenvalue weighted by Gasteiger charge is -2.29. The zero-order chi connectivity index (χ0) is 24.1. The smallest absolute Gasteiger partial charge is 0.273 e. The normalized spacial score (nSPS) is 11.9. The molecule has 0 bridgehead atoms. The Morgan fingerprint density at radius 1 is 1.21 bits per heavy atom. The number of primary amides is 1. The molecule has 1 aromatic carbocycles. The molecule has 0 aliphatic carbocycles. The summed E-state index contributed by atoms with van der Waals surface area (Å²) < 4.78 is 9.44. The van der Waals surface area contributed by atoms with Crippen molar-refractivity contribution in [3.05, 3.63) is 64.0 Å². The molecule has 0 fully saturated rings. The Bertz CT molecular complexity index is 1130. The fourth-order valence-corrected chi connectivity index (χ4v) is 3.99. The molecular formula is C22H24ClN5O4S. The fraction of sp³-hybridized carbons (Fsp3) is 0.273. The predicted octanol–water partition coefficient (Wildman–Crippen LogP) is 3.62. The van der Waals surface area contributed by atoms with Gasteiger partial charge in [0.25, 0.3) is 17.7 Å². The third kappa shape index (κ3) is 5.52. The third-order valence-corrected chi connectivity index (χ3v) is 5.92. The summed E-state index contributed by atoms with van der Waals surface area (Å²) in [6.45, 7) is 4.51. The van der Waals surface area contributed by atoms with Gasteiger partial charge in [-0.1, -0.05) is 25.4 Å². The number of nitrogens with two attached hydrogens (primary N) is 2. The van der Waals surface area contributed by atoms with E-state index in [0.29, 0.717) is 23.2 Å². The maximum atomic E-state index is 13.7. The van der Waals surface area contributed by atoms with Crippen LogP contribution in [0.3, 0.4) is 0 Å². The number of hydrogen-bond acceptors (Lipinski definition) is 7. The first-order valence-corrected chi connectivity index (χ1v) is 11.3. The first-order chi connectivity index (χ1) is 15.7. The van der Waals surface area contributed by atoms with Crippen molar-refractivity contribution in [1.82, 2.24) is 9.69 Å². The Labute approximate surface area is 199 Å². The number of carbonyl (C=O) groups is 3. The second-order valence-electron chi connectivity index (χ2n) is 7.68. The van der Waals surface area contributed by atoms with E-state index in [1.54, 1.807) is 36.4 Å². The second kappa shape index (κ2) is 10.5. The highest BCUT2D eigenvalue weighted by molar-refractivity contribution is 7.09. The average molecular weight is 490 g/mol. The van der Waals surface area contributed by atoms with Crippen LogP contribution in [-0.4, -0.2) is 28.6 Å². The van der Waals surface area contributed by atoms with E-state index in [1.807, 2.05) is 13.8 Å². The zero-order valence-electron chi connectivity index (χ0n) is 18.1. The molecule has 3 amide bonds. The summed E-state index contributed by atoms with van der Waals surface area (Å²) in [6.07, 6.45) is 2.18. The topological polar surface area (TPSA) is 145 Å². The maximum Gasteiger partial charge on any atom is 0.273 e. The van der Waals surface area contributed by atoms with Gasteiger partial charge < -0.3 is 21.2 Å². The SMILES string of the molecule is CC(C)CCNC(=O)[C@@H](c1ccco1)N(C(=O)c1snc(C(N)=O)c1N)c1ccc(Cl)cc1. The van der Waals surface area contributed by atoms with Crippen molar-refractivity contribution in [1.29, 1.82) is 0 Å². The number of carbonyl (C=O) groups excluding carboxylic acids is 3. The van der Waals surface area contributed by atoms with Crippen LogP contribution in [0.25, 0.3) is 0 Å². The molecular weight excluding hydrogens is 466 g/mol. The van der Waals surface area contributed by atoms with Crippen LogP contribution in [0.4, 0.5) is 11.4 Å². The Morgan fingerprint density at radius 2 is 1.91 bits per heavy atom. The number of nitrogens with zero attached hydrogens (tertiary/aromatic N) is 2. The summed E-state index contributed by atoms with van der Waals surface area (Å²) in [5.74, 6) is -1.30. The second-order valence-corrected chi connectivity index (χ2v) is 8.89. The first kappa shape index (κ1) is 24.3. The van der Waals surface area contributed by atoms with Gasteiger partial charge in [0, 0.05) is 17.3 Å². The van der Waals surface area contributed by atoms with Crippen LogP contribution >= 0.6 is 23.1 Å². The number of amides is 3. The van der Waals surface area contributed by atoms with Gasteiger partial charge in [0.15, 0.2) is 11.7 Å². The van der Waals surface area contributed by atoms with Crippen molar-refractivity contribution in [3.8, 4) is 0 Å². The van der Waals surface area contributed by atoms with E-state index in [0.717, 1.165) is 18.0 Å². The summed E-state index contributed by atoms with van der Waals surface area (Å²) >= 11 is 6.77. The van der Waals surface area contributed by atoms with Gasteiger partial charge in [0.05, 0.1) is 12.0 Å². The van der Waals surface area contributed by atoms with Crippen molar-refractivity contribution in [2.24, 2.45) is 11.7 Å². The Hall–Kier alpha value is -3.37. The number of hydrogen-bond donors (Lipinski definition) is 3. The summed E-state index contributed by atoms with van der Waals surface area (Å²) in [4.78, 5) is 39.9. The highest BCUT2D eigenvalue weighted by atomic mass is 35.5. The summed E-state index contributed by atoms with van der Waals surface area (Å²) in [7, 11) is 0. The molecule has 0 unspecified atom stereocenters. The molecule has 0 spiro atoms. The van der Waals surface area contributed by atoms with Crippen LogP contribution in [0, 0.1) is 5.92 Å². The molecule has 0 saturated carbocycles. The molecule has 3 rings (SSSR count). The maximum absolute atomic E-state index is 13.7. The third-order valence-electron chi connectivity index (χ3n) is 4.82. The summed E-state index contributed by atoms with van der Waals surface area (Å²) in [6, 6.07) is 8.47. The van der Waals surface area contributed by atoms with Gasteiger partial charge in [-0.15, -0.1) is 0 Å². The van der Waals surface area contributed by atoms with E-state index < -0.39 is 23.8 Å². The van der Waals surface area contributed by atoms with Crippen molar-refractivity contribution in [3.63, 3.8) is 0 Å². The minimum atomic E-state index is -1.15. The van der Waals surface area contributed by atoms with Gasteiger partial charge in [-0.05, 0) is 60.3 Å². The average Bonchev–Trinajstić information content (AvgIpc) is 3.42. The number of nitrogen functional groups attached to an aromatic ring is 1. The molecule has 0 aliphatic rings. The van der Waals surface area contributed by atoms with E-state index in [1.165, 1.54) is 11.2 Å². The van der Waals surface area contributed by atoms with E-state index in [9.17, 15) is 14.4 Å². The molecule has 5 N–H and O–H groups in total. The molecule has 1 atom stereocenters. The molecule has 0 aliphatic heterocycles. The van der Waals surface area contributed by atoms with Crippen LogP contribution in [-0.2, 0) is 4.79 Å². The minimum Gasteiger partial charge on any atom is -0.467 e. The summed E-state index contributed by atoms with van der Waals surface area (Å²) in [5.41, 5.74) is 11.3. The number of anilines is 2. The number of aromatic nitrogens is 1. The first-order valence-electron chi connectivity index (χ1n) is 10.2. The summed E-state index contributed by atoms with van der Waals surface area (Å²) in [5, 5.41) is 3.33. The Balaban J connectivity index is 2.09. The van der Waals surface area contributed by atoms with Crippen LogP contribution in [0.15, 0.2) is 47.1 Å². The molecule has 174 valence electrons. The monoisotopic (exact) mass is 489 g/mol. The standard InChI is InChI=1S/C22H24ClN5O4S/c1-12(2)9-10-26-21(30)18(15-4-3-11-32-15)28(14-7-5-13(23)6-8-14)22(31)19-16(24)17(20(25)29)27-33-19/h3-8,11-12,18H,9-10,24H2,1-2H3,(H2,25,29)(H,26,30)/t18-/m1/s1. The molecule has 9 nitrogen and oxygen atoms in total. The van der Waals surface area contributed by atoms with Gasteiger partial charge in [0.1, 0.15) is 10.6 Å². The minimum absolute atomic E-state index is 0.0229. The number of nitrogens with one attached hydrogen (secondary N) is 1. The Morgan fingerprint density at radius 3 is 2.45 bits per heavy atom. The van der Waals surface area contributed by atoms with Gasteiger partial charge in [-0.2, -0.15) is 4.37 Å². The largest absolute Gasteiger partial charge is 0.467 e. The molecule has 2 aromatic heterocycles. The van der Waals surface area contributed by atoms with Crippen molar-refractivity contribution in [2.45, 2.75) is 26.3 Å². The van der Waals surface area contributed by atoms with Gasteiger partial charge in [0.2, 0.25) is 0 Å². The van der Waals surface area contributed by atoms with Crippen LogP contribution in [0.1, 0.15) is 52.2 Å². The van der Waals surface area contributed by atoms with Crippen molar-refractivity contribution in [2.75, 3.05) is 17.2 Å². The molecule has 0 radical (unpaired) electrons. The Kier molecular flexibility index (Phi) is 7.72. The molecule has 0 saturated heterocycles. The molecule has 11 heteroatoms. The fourth-order valence-electron chi connectivity index (χ4n) is 3.13. The van der Waals surface area contributed by atoms with E-state index in [-0.39, 0.29) is 22.0 Å². The number of rotatable bonds is 9. The van der Waals surface area contributed by atoms with Crippen LogP contribution in [0.2, 0.25) is 5.02 Å². The molecule has 2 heterocycles. The predicted molar refractivity (Wildman–Crippen MR) is 127 cm³/mol.